The van der Waals surface area contributed by atoms with Crippen molar-refractivity contribution in [3.8, 4) is 0 Å². The molecule has 0 aromatic heterocycles. The molecule has 0 heterocycles. The van der Waals surface area contributed by atoms with E-state index < -0.39 is 0 Å². The van der Waals surface area contributed by atoms with Gasteiger partial charge in [-0.05, 0) is 91.7 Å². The summed E-state index contributed by atoms with van der Waals surface area (Å²) in [7, 11) is 1.42. The Balaban J connectivity index is 2.50. The molecular weight excluding hydrogens is 400 g/mol. The molecule has 32 heavy (non-hydrogen) atoms. The topological polar surface area (TPSA) is 60.4 Å². The zero-order valence-corrected chi connectivity index (χ0v) is 20.5. The minimum atomic E-state index is -0.242. The third kappa shape index (κ3) is 10.5. The normalized spacial score (nSPS) is 15.4. The molecule has 0 aromatic carbocycles. The smallest absolute Gasteiger partial charge is 0.333 e. The number of hydrogen-bond acceptors (Lipinski definition) is 4. The van der Waals surface area contributed by atoms with Crippen LogP contribution in [0.3, 0.4) is 0 Å². The predicted octanol–water partition coefficient (Wildman–Crippen LogP) is 6.70. The van der Waals surface area contributed by atoms with Crippen molar-refractivity contribution >= 4 is 17.5 Å². The summed E-state index contributed by atoms with van der Waals surface area (Å²) >= 11 is 0. The third-order valence-electron chi connectivity index (χ3n) is 5.40. The monoisotopic (exact) mass is 438 g/mol. The van der Waals surface area contributed by atoms with E-state index in [0.29, 0.717) is 24.0 Å². The largest absolute Gasteiger partial charge is 0.466 e. The first kappa shape index (κ1) is 27.3. The van der Waals surface area contributed by atoms with Crippen LogP contribution in [0, 0.1) is 0 Å². The SMILES string of the molecule is COC(=O)C(=CCCC(C)=CCCC(C)=CCC1=CC(=O)C(C)=CC1=O)CCC=C(C)C. The minimum Gasteiger partial charge on any atom is -0.466 e. The highest BCUT2D eigenvalue weighted by molar-refractivity contribution is 6.19. The first-order valence-electron chi connectivity index (χ1n) is 11.3. The maximum absolute atomic E-state index is 12.0. The summed E-state index contributed by atoms with van der Waals surface area (Å²) in [5.41, 5.74) is 5.55. The Morgan fingerprint density at radius 2 is 1.41 bits per heavy atom. The van der Waals surface area contributed by atoms with Crippen LogP contribution in [0.2, 0.25) is 0 Å². The summed E-state index contributed by atoms with van der Waals surface area (Å²) in [5.74, 6) is -0.388. The van der Waals surface area contributed by atoms with Gasteiger partial charge in [-0.1, -0.05) is 41.0 Å². The quantitative estimate of drug-likeness (QED) is 0.147. The Bertz CT molecular complexity index is 884. The van der Waals surface area contributed by atoms with Crippen molar-refractivity contribution < 1.29 is 19.1 Å². The van der Waals surface area contributed by atoms with Gasteiger partial charge in [-0.2, -0.15) is 0 Å². The molecule has 174 valence electrons. The highest BCUT2D eigenvalue weighted by atomic mass is 16.5. The fraction of sp³-hybridized carbons (Fsp3) is 0.464. The average Bonchev–Trinajstić information content (AvgIpc) is 2.73. The number of ether oxygens (including phenoxy) is 1. The maximum Gasteiger partial charge on any atom is 0.333 e. The van der Waals surface area contributed by atoms with Gasteiger partial charge in [0.25, 0.3) is 0 Å². The van der Waals surface area contributed by atoms with Crippen LogP contribution in [0.4, 0.5) is 0 Å². The number of carbonyl (C=O) groups excluding carboxylic acids is 3. The summed E-state index contributed by atoms with van der Waals surface area (Å²) in [4.78, 5) is 35.7. The van der Waals surface area contributed by atoms with E-state index in [1.807, 2.05) is 12.2 Å². The molecule has 1 aliphatic rings. The first-order valence-corrected chi connectivity index (χ1v) is 11.3. The molecule has 4 nitrogen and oxygen atoms in total. The number of carbonyl (C=O) groups is 3. The molecule has 0 saturated carbocycles. The van der Waals surface area contributed by atoms with Crippen LogP contribution >= 0.6 is 0 Å². The van der Waals surface area contributed by atoms with Gasteiger partial charge in [-0.25, -0.2) is 4.79 Å². The molecule has 0 aromatic rings. The molecule has 0 N–H and O–H groups in total. The van der Waals surface area contributed by atoms with Gasteiger partial charge in [-0.3, -0.25) is 9.59 Å². The highest BCUT2D eigenvalue weighted by Crippen LogP contribution is 2.18. The Kier molecular flexibility index (Phi) is 12.2. The predicted molar refractivity (Wildman–Crippen MR) is 131 cm³/mol. The second-order valence-corrected chi connectivity index (χ2v) is 8.65. The molecule has 0 atom stereocenters. The van der Waals surface area contributed by atoms with Crippen LogP contribution < -0.4 is 0 Å². The number of ketones is 2. The number of allylic oxidation sites excluding steroid dienone is 11. The van der Waals surface area contributed by atoms with Crippen molar-refractivity contribution in [1.29, 1.82) is 0 Å². The summed E-state index contributed by atoms with van der Waals surface area (Å²) in [6.45, 7) is 9.94. The second kappa shape index (κ2) is 14.3. The van der Waals surface area contributed by atoms with Gasteiger partial charge < -0.3 is 4.74 Å². The number of esters is 1. The Hall–Kier alpha value is -2.75. The molecule has 0 bridgehead atoms. The van der Waals surface area contributed by atoms with E-state index in [1.165, 1.54) is 36.0 Å². The van der Waals surface area contributed by atoms with Gasteiger partial charge in [0.05, 0.1) is 7.11 Å². The molecule has 0 aliphatic heterocycles. The molecule has 0 unspecified atom stereocenters. The lowest BCUT2D eigenvalue weighted by Gasteiger charge is -2.08. The van der Waals surface area contributed by atoms with Gasteiger partial charge in [-0.15, -0.1) is 0 Å². The standard InChI is InChI=1S/C28H38O4/c1-20(2)10-7-14-24(28(31)32-6)15-9-13-21(3)11-8-12-22(4)16-17-25-19-26(29)23(5)18-27(25)30/h10-11,15-16,18-19H,7-9,12-14,17H2,1-6H3. The van der Waals surface area contributed by atoms with Crippen LogP contribution in [0.1, 0.15) is 79.6 Å². The summed E-state index contributed by atoms with van der Waals surface area (Å²) in [6, 6.07) is 0. The number of methoxy groups -OCH3 is 1. The fourth-order valence-corrected chi connectivity index (χ4v) is 3.31. The molecule has 0 fully saturated rings. The van der Waals surface area contributed by atoms with Crippen molar-refractivity contribution in [2.45, 2.75) is 79.6 Å². The molecule has 0 radical (unpaired) electrons. The zero-order chi connectivity index (χ0) is 24.1. The van der Waals surface area contributed by atoms with Crippen molar-refractivity contribution in [1.82, 2.24) is 0 Å². The fourth-order valence-electron chi connectivity index (χ4n) is 3.31. The van der Waals surface area contributed by atoms with Crippen molar-refractivity contribution in [2.75, 3.05) is 7.11 Å². The first-order chi connectivity index (χ1) is 15.1. The van der Waals surface area contributed by atoms with E-state index in [2.05, 4.69) is 39.8 Å². The average molecular weight is 439 g/mol. The number of hydrogen-bond donors (Lipinski definition) is 0. The van der Waals surface area contributed by atoms with Crippen LogP contribution in [-0.4, -0.2) is 24.6 Å². The molecule has 4 heteroatoms. The van der Waals surface area contributed by atoms with E-state index in [0.717, 1.165) is 37.7 Å². The van der Waals surface area contributed by atoms with Crippen LogP contribution in [0.15, 0.2) is 69.9 Å². The lowest BCUT2D eigenvalue weighted by atomic mass is 9.95. The van der Waals surface area contributed by atoms with Crippen LogP contribution in [0.25, 0.3) is 0 Å². The molecule has 0 saturated heterocycles. The minimum absolute atomic E-state index is 0.0675. The van der Waals surface area contributed by atoms with Crippen molar-refractivity contribution in [3.05, 3.63) is 69.9 Å². The van der Waals surface area contributed by atoms with Gasteiger partial charge in [0.1, 0.15) is 0 Å². The van der Waals surface area contributed by atoms with Crippen LogP contribution in [-0.2, 0) is 19.1 Å². The van der Waals surface area contributed by atoms with Gasteiger partial charge in [0.2, 0.25) is 0 Å². The van der Waals surface area contributed by atoms with Gasteiger partial charge in [0, 0.05) is 16.7 Å². The van der Waals surface area contributed by atoms with Gasteiger partial charge >= 0.3 is 5.97 Å². The van der Waals surface area contributed by atoms with Crippen molar-refractivity contribution in [3.63, 3.8) is 0 Å². The summed E-state index contributed by atoms with van der Waals surface area (Å²) in [6.07, 6.45) is 16.9. The molecule has 0 spiro atoms. The Morgan fingerprint density at radius 3 is 2.03 bits per heavy atom. The molecule has 0 amide bonds. The lowest BCUT2D eigenvalue weighted by molar-refractivity contribution is -0.136. The highest BCUT2D eigenvalue weighted by Gasteiger charge is 2.16. The Labute approximate surface area is 193 Å². The second-order valence-electron chi connectivity index (χ2n) is 8.65. The molecular formula is C28H38O4. The van der Waals surface area contributed by atoms with E-state index in [1.54, 1.807) is 6.92 Å². The van der Waals surface area contributed by atoms with E-state index in [4.69, 9.17) is 4.74 Å². The molecule has 1 aliphatic carbocycles. The lowest BCUT2D eigenvalue weighted by Crippen LogP contribution is -2.11. The zero-order valence-electron chi connectivity index (χ0n) is 20.5. The third-order valence-corrected chi connectivity index (χ3v) is 5.40. The van der Waals surface area contributed by atoms with E-state index >= 15 is 0 Å². The summed E-state index contributed by atoms with van der Waals surface area (Å²) < 4.78 is 4.91. The van der Waals surface area contributed by atoms with Gasteiger partial charge in [0.15, 0.2) is 11.6 Å². The summed E-state index contributed by atoms with van der Waals surface area (Å²) in [5, 5.41) is 0. The Morgan fingerprint density at radius 1 is 0.812 bits per heavy atom. The van der Waals surface area contributed by atoms with Crippen LogP contribution in [0.5, 0.6) is 0 Å². The molecule has 1 rings (SSSR count). The van der Waals surface area contributed by atoms with E-state index in [9.17, 15) is 14.4 Å². The number of rotatable bonds is 12. The van der Waals surface area contributed by atoms with E-state index in [-0.39, 0.29) is 17.5 Å². The van der Waals surface area contributed by atoms with Crippen molar-refractivity contribution in [2.24, 2.45) is 0 Å². The maximum atomic E-state index is 12.0.